The molecule has 2 heterocycles. The van der Waals surface area contributed by atoms with Gasteiger partial charge in [-0.3, -0.25) is 4.98 Å². The van der Waals surface area contributed by atoms with Gasteiger partial charge < -0.3 is 9.88 Å². The topological polar surface area (TPSA) is 42.7 Å². The number of nitrogens with zero attached hydrogens (tertiary/aromatic N) is 3. The van der Waals surface area contributed by atoms with Gasteiger partial charge in [-0.1, -0.05) is 6.07 Å². The van der Waals surface area contributed by atoms with E-state index < -0.39 is 0 Å². The highest BCUT2D eigenvalue weighted by Gasteiger charge is 2.13. The van der Waals surface area contributed by atoms with E-state index in [0.717, 1.165) is 24.5 Å². The SMILES string of the molecule is CCn1ccnc1CC(NC)c1ccc(C)nc1. The Balaban J connectivity index is 2.17. The molecule has 0 spiro atoms. The van der Waals surface area contributed by atoms with E-state index in [1.54, 1.807) is 0 Å². The van der Waals surface area contributed by atoms with E-state index in [4.69, 9.17) is 0 Å². The molecule has 0 saturated carbocycles. The van der Waals surface area contributed by atoms with Gasteiger partial charge in [0.15, 0.2) is 0 Å². The van der Waals surface area contributed by atoms with Crippen LogP contribution in [0.2, 0.25) is 0 Å². The number of imidazole rings is 1. The molecule has 0 aromatic carbocycles. The second-order valence-corrected chi connectivity index (χ2v) is 4.41. The zero-order valence-corrected chi connectivity index (χ0v) is 11.2. The monoisotopic (exact) mass is 244 g/mol. The van der Waals surface area contributed by atoms with Gasteiger partial charge in [-0.15, -0.1) is 0 Å². The molecule has 1 N–H and O–H groups in total. The average Bonchev–Trinajstić information content (AvgIpc) is 2.84. The van der Waals surface area contributed by atoms with Gasteiger partial charge >= 0.3 is 0 Å². The third-order valence-corrected chi connectivity index (χ3v) is 3.21. The summed E-state index contributed by atoms with van der Waals surface area (Å²) in [5.41, 5.74) is 2.25. The Morgan fingerprint density at radius 3 is 2.78 bits per heavy atom. The van der Waals surface area contributed by atoms with E-state index in [1.165, 1.54) is 5.56 Å². The number of aromatic nitrogens is 3. The van der Waals surface area contributed by atoms with Gasteiger partial charge in [0.1, 0.15) is 5.82 Å². The number of aryl methyl sites for hydroxylation is 2. The van der Waals surface area contributed by atoms with Crippen LogP contribution in [0.5, 0.6) is 0 Å². The molecule has 0 aliphatic carbocycles. The molecule has 0 amide bonds. The van der Waals surface area contributed by atoms with E-state index in [1.807, 2.05) is 38.6 Å². The first-order chi connectivity index (χ1) is 8.74. The fourth-order valence-electron chi connectivity index (χ4n) is 2.07. The predicted octanol–water partition coefficient (Wildman–Crippen LogP) is 2.11. The van der Waals surface area contributed by atoms with Gasteiger partial charge in [0.2, 0.25) is 0 Å². The van der Waals surface area contributed by atoms with E-state index >= 15 is 0 Å². The van der Waals surface area contributed by atoms with Crippen molar-refractivity contribution in [3.63, 3.8) is 0 Å². The van der Waals surface area contributed by atoms with Crippen molar-refractivity contribution < 1.29 is 0 Å². The quantitative estimate of drug-likeness (QED) is 0.876. The summed E-state index contributed by atoms with van der Waals surface area (Å²) < 4.78 is 2.17. The molecule has 0 aliphatic heterocycles. The lowest BCUT2D eigenvalue weighted by Crippen LogP contribution is -2.21. The van der Waals surface area contributed by atoms with Crippen molar-refractivity contribution in [3.8, 4) is 0 Å². The van der Waals surface area contributed by atoms with Crippen LogP contribution in [-0.4, -0.2) is 21.6 Å². The average molecular weight is 244 g/mol. The van der Waals surface area contributed by atoms with E-state index in [-0.39, 0.29) is 6.04 Å². The molecule has 0 aliphatic rings. The molecule has 2 aromatic rings. The van der Waals surface area contributed by atoms with E-state index in [0.29, 0.717) is 0 Å². The second-order valence-electron chi connectivity index (χ2n) is 4.41. The van der Waals surface area contributed by atoms with Crippen LogP contribution in [0.1, 0.15) is 30.0 Å². The summed E-state index contributed by atoms with van der Waals surface area (Å²) >= 11 is 0. The minimum atomic E-state index is 0.255. The highest BCUT2D eigenvalue weighted by atomic mass is 15.1. The molecule has 96 valence electrons. The maximum absolute atomic E-state index is 4.42. The minimum Gasteiger partial charge on any atom is -0.335 e. The van der Waals surface area contributed by atoms with E-state index in [9.17, 15) is 0 Å². The first-order valence-electron chi connectivity index (χ1n) is 6.34. The van der Waals surface area contributed by atoms with Crippen molar-refractivity contribution in [2.45, 2.75) is 32.9 Å². The highest BCUT2D eigenvalue weighted by molar-refractivity contribution is 5.18. The van der Waals surface area contributed by atoms with Crippen molar-refractivity contribution in [3.05, 3.63) is 47.8 Å². The van der Waals surface area contributed by atoms with Crippen LogP contribution in [-0.2, 0) is 13.0 Å². The maximum Gasteiger partial charge on any atom is 0.110 e. The molecule has 1 atom stereocenters. The third-order valence-electron chi connectivity index (χ3n) is 3.21. The van der Waals surface area contributed by atoms with Gasteiger partial charge in [-0.05, 0) is 32.5 Å². The largest absolute Gasteiger partial charge is 0.335 e. The summed E-state index contributed by atoms with van der Waals surface area (Å²) in [5.74, 6) is 1.11. The Morgan fingerprint density at radius 1 is 1.33 bits per heavy atom. The number of nitrogens with one attached hydrogen (secondary N) is 1. The lowest BCUT2D eigenvalue weighted by Gasteiger charge is -2.16. The van der Waals surface area contributed by atoms with Crippen LogP contribution in [0, 0.1) is 6.92 Å². The summed E-state index contributed by atoms with van der Waals surface area (Å²) in [6, 6.07) is 4.43. The molecule has 0 bridgehead atoms. The number of hydrogen-bond donors (Lipinski definition) is 1. The zero-order chi connectivity index (χ0) is 13.0. The fraction of sp³-hybridized carbons (Fsp3) is 0.429. The second kappa shape index (κ2) is 5.78. The standard InChI is InChI=1S/C14H20N4/c1-4-18-8-7-16-14(18)9-13(15-3)12-6-5-11(2)17-10-12/h5-8,10,13,15H,4,9H2,1-3H3. The lowest BCUT2D eigenvalue weighted by molar-refractivity contribution is 0.551. The molecule has 4 heteroatoms. The van der Waals surface area contributed by atoms with Crippen molar-refractivity contribution >= 4 is 0 Å². The fourth-order valence-corrected chi connectivity index (χ4v) is 2.07. The molecule has 0 radical (unpaired) electrons. The van der Waals surface area contributed by atoms with Gasteiger partial charge in [0.25, 0.3) is 0 Å². The van der Waals surface area contributed by atoms with Crippen LogP contribution < -0.4 is 5.32 Å². The molecule has 0 fully saturated rings. The Bertz CT molecular complexity index is 487. The lowest BCUT2D eigenvalue weighted by atomic mass is 10.1. The van der Waals surface area contributed by atoms with Crippen LogP contribution >= 0.6 is 0 Å². The summed E-state index contributed by atoms with van der Waals surface area (Å²) in [6.07, 6.45) is 6.70. The van der Waals surface area contributed by atoms with Crippen molar-refractivity contribution in [1.29, 1.82) is 0 Å². The minimum absolute atomic E-state index is 0.255. The van der Waals surface area contributed by atoms with Gasteiger partial charge in [-0.25, -0.2) is 4.98 Å². The number of pyridine rings is 1. The predicted molar refractivity (Wildman–Crippen MR) is 72.4 cm³/mol. The maximum atomic E-state index is 4.42. The highest BCUT2D eigenvalue weighted by Crippen LogP contribution is 2.16. The summed E-state index contributed by atoms with van der Waals surface area (Å²) in [5, 5.41) is 3.33. The Morgan fingerprint density at radius 2 is 2.17 bits per heavy atom. The summed E-state index contributed by atoms with van der Waals surface area (Å²) in [6.45, 7) is 5.09. The number of likely N-dealkylation sites (N-methyl/N-ethyl adjacent to an activating group) is 1. The van der Waals surface area contributed by atoms with Crippen LogP contribution in [0.4, 0.5) is 0 Å². The van der Waals surface area contributed by atoms with Gasteiger partial charge in [0.05, 0.1) is 0 Å². The molecule has 1 unspecified atom stereocenters. The Kier molecular flexibility index (Phi) is 4.10. The molecule has 2 aromatic heterocycles. The van der Waals surface area contributed by atoms with Crippen molar-refractivity contribution in [2.75, 3.05) is 7.05 Å². The van der Waals surface area contributed by atoms with Crippen LogP contribution in [0.25, 0.3) is 0 Å². The first-order valence-corrected chi connectivity index (χ1v) is 6.34. The third kappa shape index (κ3) is 2.76. The van der Waals surface area contributed by atoms with Gasteiger partial charge in [0, 0.05) is 43.3 Å². The Hall–Kier alpha value is -1.68. The number of hydrogen-bond acceptors (Lipinski definition) is 3. The summed E-state index contributed by atoms with van der Waals surface area (Å²) in [7, 11) is 1.98. The molecule has 4 nitrogen and oxygen atoms in total. The van der Waals surface area contributed by atoms with Crippen molar-refractivity contribution in [1.82, 2.24) is 19.9 Å². The molecule has 18 heavy (non-hydrogen) atoms. The first kappa shape index (κ1) is 12.8. The molecular weight excluding hydrogens is 224 g/mol. The van der Waals surface area contributed by atoms with Crippen LogP contribution in [0.15, 0.2) is 30.7 Å². The molecule has 0 saturated heterocycles. The number of rotatable bonds is 5. The summed E-state index contributed by atoms with van der Waals surface area (Å²) in [4.78, 5) is 8.77. The van der Waals surface area contributed by atoms with Gasteiger partial charge in [-0.2, -0.15) is 0 Å². The molecule has 2 rings (SSSR count). The molecular formula is C14H20N4. The van der Waals surface area contributed by atoms with Crippen LogP contribution in [0.3, 0.4) is 0 Å². The smallest absolute Gasteiger partial charge is 0.110 e. The van der Waals surface area contributed by atoms with E-state index in [2.05, 4.69) is 32.8 Å². The normalized spacial score (nSPS) is 12.6. The van der Waals surface area contributed by atoms with Crippen molar-refractivity contribution in [2.24, 2.45) is 0 Å². The Labute approximate surface area is 108 Å². The zero-order valence-electron chi connectivity index (χ0n) is 11.2.